The van der Waals surface area contributed by atoms with Crippen molar-refractivity contribution in [2.45, 2.75) is 44.6 Å². The Labute approximate surface area is 114 Å². The molecule has 0 bridgehead atoms. The highest BCUT2D eigenvalue weighted by Gasteiger charge is 2.26. The van der Waals surface area contributed by atoms with Crippen LogP contribution >= 0.6 is 23.2 Å². The standard InChI is InChI=1S/C14H19Cl2N/c1-14(7-3-2-4-8-17-14)10-11-9-12(15)5-6-13(11)16/h5-6,9,17H,2-4,7-8,10H2,1H3. The van der Waals surface area contributed by atoms with Gasteiger partial charge in [-0.15, -0.1) is 0 Å². The minimum absolute atomic E-state index is 0.158. The summed E-state index contributed by atoms with van der Waals surface area (Å²) in [6.45, 7) is 3.39. The van der Waals surface area contributed by atoms with Crippen LogP contribution in [0.4, 0.5) is 0 Å². The molecular formula is C14H19Cl2N. The number of halogens is 2. The molecule has 1 heterocycles. The molecule has 1 nitrogen and oxygen atoms in total. The highest BCUT2D eigenvalue weighted by atomic mass is 35.5. The van der Waals surface area contributed by atoms with E-state index in [0.717, 1.165) is 28.6 Å². The summed E-state index contributed by atoms with van der Waals surface area (Å²) in [7, 11) is 0. The van der Waals surface area contributed by atoms with Crippen LogP contribution in [0, 0.1) is 0 Å². The van der Waals surface area contributed by atoms with Crippen LogP contribution in [0.1, 0.15) is 38.2 Å². The molecule has 0 amide bonds. The van der Waals surface area contributed by atoms with Crippen molar-refractivity contribution in [3.8, 4) is 0 Å². The van der Waals surface area contributed by atoms with E-state index < -0.39 is 0 Å². The zero-order valence-corrected chi connectivity index (χ0v) is 11.7. The zero-order valence-electron chi connectivity index (χ0n) is 10.2. The van der Waals surface area contributed by atoms with Crippen molar-refractivity contribution in [2.24, 2.45) is 0 Å². The van der Waals surface area contributed by atoms with Gasteiger partial charge in [0.25, 0.3) is 0 Å². The topological polar surface area (TPSA) is 12.0 Å². The van der Waals surface area contributed by atoms with Gasteiger partial charge in [0.15, 0.2) is 0 Å². The lowest BCUT2D eigenvalue weighted by Gasteiger charge is -2.30. The van der Waals surface area contributed by atoms with E-state index in [-0.39, 0.29) is 5.54 Å². The Morgan fingerprint density at radius 2 is 2.06 bits per heavy atom. The van der Waals surface area contributed by atoms with Gasteiger partial charge < -0.3 is 5.32 Å². The predicted molar refractivity (Wildman–Crippen MR) is 75.0 cm³/mol. The number of nitrogens with one attached hydrogen (secondary N) is 1. The molecule has 0 saturated carbocycles. The first-order chi connectivity index (χ1) is 8.09. The van der Waals surface area contributed by atoms with Gasteiger partial charge in [-0.05, 0) is 56.5 Å². The maximum absolute atomic E-state index is 6.23. The second-order valence-electron chi connectivity index (χ2n) is 5.21. The van der Waals surface area contributed by atoms with E-state index in [1.165, 1.54) is 25.7 Å². The van der Waals surface area contributed by atoms with Crippen LogP contribution in [0.3, 0.4) is 0 Å². The van der Waals surface area contributed by atoms with Crippen LogP contribution in [0.2, 0.25) is 10.0 Å². The van der Waals surface area contributed by atoms with Crippen molar-refractivity contribution in [1.29, 1.82) is 0 Å². The van der Waals surface area contributed by atoms with Crippen LogP contribution in [-0.4, -0.2) is 12.1 Å². The molecule has 1 aromatic rings. The normalized spacial score (nSPS) is 25.6. The quantitative estimate of drug-likeness (QED) is 0.838. The lowest BCUT2D eigenvalue weighted by molar-refractivity contribution is 0.346. The number of hydrogen-bond donors (Lipinski definition) is 1. The molecule has 0 aliphatic carbocycles. The molecule has 17 heavy (non-hydrogen) atoms. The van der Waals surface area contributed by atoms with Gasteiger partial charge in [-0.3, -0.25) is 0 Å². The van der Waals surface area contributed by atoms with Crippen molar-refractivity contribution in [2.75, 3.05) is 6.54 Å². The van der Waals surface area contributed by atoms with Crippen molar-refractivity contribution >= 4 is 23.2 Å². The third-order valence-corrected chi connectivity index (χ3v) is 4.15. The van der Waals surface area contributed by atoms with Crippen LogP contribution in [-0.2, 0) is 6.42 Å². The van der Waals surface area contributed by atoms with E-state index >= 15 is 0 Å². The van der Waals surface area contributed by atoms with Gasteiger partial charge in [0.2, 0.25) is 0 Å². The third-order valence-electron chi connectivity index (χ3n) is 3.55. The molecule has 1 atom stereocenters. The van der Waals surface area contributed by atoms with Crippen molar-refractivity contribution in [3.63, 3.8) is 0 Å². The summed E-state index contributed by atoms with van der Waals surface area (Å²) in [5.74, 6) is 0. The summed E-state index contributed by atoms with van der Waals surface area (Å²) in [5.41, 5.74) is 1.31. The number of rotatable bonds is 2. The van der Waals surface area contributed by atoms with Gasteiger partial charge >= 0.3 is 0 Å². The second-order valence-corrected chi connectivity index (χ2v) is 6.05. The predicted octanol–water partition coefficient (Wildman–Crippen LogP) is 4.46. The number of hydrogen-bond acceptors (Lipinski definition) is 1. The molecule has 1 saturated heterocycles. The highest BCUT2D eigenvalue weighted by Crippen LogP contribution is 2.28. The summed E-state index contributed by atoms with van der Waals surface area (Å²) in [6, 6.07) is 5.72. The summed E-state index contributed by atoms with van der Waals surface area (Å²) in [5, 5.41) is 5.24. The lowest BCUT2D eigenvalue weighted by atomic mass is 9.88. The van der Waals surface area contributed by atoms with Gasteiger partial charge in [0, 0.05) is 15.6 Å². The van der Waals surface area contributed by atoms with Gasteiger partial charge in [-0.25, -0.2) is 0 Å². The fourth-order valence-electron chi connectivity index (χ4n) is 2.55. The first-order valence-corrected chi connectivity index (χ1v) is 7.04. The summed E-state index contributed by atoms with van der Waals surface area (Å²) in [6.07, 6.45) is 6.05. The van der Waals surface area contributed by atoms with Crippen LogP contribution in [0.15, 0.2) is 18.2 Å². The average molecular weight is 272 g/mol. The smallest absolute Gasteiger partial charge is 0.0439 e. The molecule has 1 aliphatic heterocycles. The van der Waals surface area contributed by atoms with E-state index in [2.05, 4.69) is 12.2 Å². The maximum atomic E-state index is 6.23. The van der Waals surface area contributed by atoms with E-state index in [1.54, 1.807) is 0 Å². The van der Waals surface area contributed by atoms with Crippen molar-refractivity contribution in [3.05, 3.63) is 33.8 Å². The first-order valence-electron chi connectivity index (χ1n) is 6.28. The minimum Gasteiger partial charge on any atom is -0.311 e. The van der Waals surface area contributed by atoms with Crippen molar-refractivity contribution in [1.82, 2.24) is 5.32 Å². The van der Waals surface area contributed by atoms with Gasteiger partial charge in [0.05, 0.1) is 0 Å². The Kier molecular flexibility index (Phi) is 4.35. The Morgan fingerprint density at radius 1 is 1.24 bits per heavy atom. The molecular weight excluding hydrogens is 253 g/mol. The van der Waals surface area contributed by atoms with E-state index in [0.29, 0.717) is 0 Å². The molecule has 1 aliphatic rings. The van der Waals surface area contributed by atoms with Gasteiger partial charge in [0.1, 0.15) is 0 Å². The van der Waals surface area contributed by atoms with E-state index in [4.69, 9.17) is 23.2 Å². The van der Waals surface area contributed by atoms with Crippen LogP contribution < -0.4 is 5.32 Å². The zero-order chi connectivity index (χ0) is 12.3. The monoisotopic (exact) mass is 271 g/mol. The largest absolute Gasteiger partial charge is 0.311 e. The Bertz CT molecular complexity index is 382. The fraction of sp³-hybridized carbons (Fsp3) is 0.571. The second kappa shape index (κ2) is 5.60. The summed E-state index contributed by atoms with van der Waals surface area (Å²) >= 11 is 12.3. The third kappa shape index (κ3) is 3.61. The molecule has 0 radical (unpaired) electrons. The fourth-order valence-corrected chi connectivity index (χ4v) is 2.92. The first kappa shape index (κ1) is 13.2. The molecule has 1 unspecified atom stereocenters. The highest BCUT2D eigenvalue weighted by molar-refractivity contribution is 6.33. The molecule has 94 valence electrons. The SMILES string of the molecule is CC1(Cc2cc(Cl)ccc2Cl)CCCCCN1. The minimum atomic E-state index is 0.158. The van der Waals surface area contributed by atoms with Crippen molar-refractivity contribution < 1.29 is 0 Å². The van der Waals surface area contributed by atoms with Crippen LogP contribution in [0.25, 0.3) is 0 Å². The lowest BCUT2D eigenvalue weighted by Crippen LogP contribution is -2.43. The molecule has 1 aromatic carbocycles. The molecule has 3 heteroatoms. The Hall–Kier alpha value is -0.240. The Morgan fingerprint density at radius 3 is 2.88 bits per heavy atom. The molecule has 0 spiro atoms. The molecule has 1 N–H and O–H groups in total. The van der Waals surface area contributed by atoms with E-state index in [1.807, 2.05) is 18.2 Å². The Balaban J connectivity index is 2.15. The van der Waals surface area contributed by atoms with E-state index in [9.17, 15) is 0 Å². The average Bonchev–Trinajstić information content (AvgIpc) is 2.49. The summed E-state index contributed by atoms with van der Waals surface area (Å²) in [4.78, 5) is 0. The molecule has 0 aromatic heterocycles. The summed E-state index contributed by atoms with van der Waals surface area (Å²) < 4.78 is 0. The van der Waals surface area contributed by atoms with Gasteiger partial charge in [-0.1, -0.05) is 36.0 Å². The van der Waals surface area contributed by atoms with Gasteiger partial charge in [-0.2, -0.15) is 0 Å². The maximum Gasteiger partial charge on any atom is 0.0439 e. The number of benzene rings is 1. The molecule has 1 fully saturated rings. The molecule has 2 rings (SSSR count). The van der Waals surface area contributed by atoms with Crippen LogP contribution in [0.5, 0.6) is 0 Å².